The van der Waals surface area contributed by atoms with E-state index in [1.807, 2.05) is 4.90 Å². The van der Waals surface area contributed by atoms with E-state index < -0.39 is 4.92 Å². The van der Waals surface area contributed by atoms with Crippen molar-refractivity contribution in [2.75, 3.05) is 13.7 Å². The molecule has 0 amide bonds. The number of aryl methyl sites for hydroxylation is 1. The number of hydrogen-bond donors (Lipinski definition) is 1. The maximum Gasteiger partial charge on any atom is 0.315 e. The van der Waals surface area contributed by atoms with E-state index in [-0.39, 0.29) is 17.0 Å². The Balaban J connectivity index is 1.88. The quantitative estimate of drug-likeness (QED) is 0.674. The van der Waals surface area contributed by atoms with Gasteiger partial charge < -0.3 is 9.72 Å². The van der Waals surface area contributed by atoms with E-state index in [0.29, 0.717) is 43.0 Å². The Kier molecular flexibility index (Phi) is 4.30. The Hall–Kier alpha value is -2.74. The molecule has 3 rings (SSSR count). The summed E-state index contributed by atoms with van der Waals surface area (Å²) in [6.45, 7) is 3.25. The summed E-state index contributed by atoms with van der Waals surface area (Å²) in [6.07, 6.45) is 0.651. The van der Waals surface area contributed by atoms with E-state index in [9.17, 15) is 14.9 Å². The summed E-state index contributed by atoms with van der Waals surface area (Å²) >= 11 is 0. The molecule has 0 atom stereocenters. The SMILES string of the molecule is COc1cccc(CN2CCc3nc(C)[nH]c(=O)c3C2)c1[N+](=O)[O-]. The van der Waals surface area contributed by atoms with Crippen LogP contribution in [0.3, 0.4) is 0 Å². The van der Waals surface area contributed by atoms with E-state index in [1.165, 1.54) is 7.11 Å². The van der Waals surface area contributed by atoms with E-state index in [1.54, 1.807) is 25.1 Å². The van der Waals surface area contributed by atoms with Gasteiger partial charge in [-0.1, -0.05) is 12.1 Å². The Morgan fingerprint density at radius 1 is 1.46 bits per heavy atom. The third-order valence-corrected chi connectivity index (χ3v) is 4.15. The van der Waals surface area contributed by atoms with Gasteiger partial charge in [-0.3, -0.25) is 19.8 Å². The number of nitrogens with zero attached hydrogens (tertiary/aromatic N) is 3. The molecule has 0 spiro atoms. The molecule has 8 heteroatoms. The Morgan fingerprint density at radius 2 is 2.25 bits per heavy atom. The average molecular weight is 330 g/mol. The molecule has 8 nitrogen and oxygen atoms in total. The number of aromatic nitrogens is 2. The van der Waals surface area contributed by atoms with E-state index in [0.717, 1.165) is 5.69 Å². The number of benzene rings is 1. The predicted octanol–water partition coefficient (Wildman–Crippen LogP) is 1.55. The van der Waals surface area contributed by atoms with Crippen LogP contribution >= 0.6 is 0 Å². The first kappa shape index (κ1) is 16.1. The third kappa shape index (κ3) is 3.00. The molecule has 1 aliphatic rings. The highest BCUT2D eigenvalue weighted by Crippen LogP contribution is 2.32. The Bertz CT molecular complexity index is 846. The zero-order chi connectivity index (χ0) is 17.3. The van der Waals surface area contributed by atoms with Gasteiger partial charge in [-0.25, -0.2) is 4.98 Å². The number of rotatable bonds is 4. The summed E-state index contributed by atoms with van der Waals surface area (Å²) in [4.78, 5) is 32.2. The Labute approximate surface area is 138 Å². The normalized spacial score (nSPS) is 14.2. The lowest BCUT2D eigenvalue weighted by molar-refractivity contribution is -0.386. The van der Waals surface area contributed by atoms with E-state index in [2.05, 4.69) is 9.97 Å². The molecule has 1 N–H and O–H groups in total. The number of nitro groups is 1. The number of aromatic amines is 1. The predicted molar refractivity (Wildman–Crippen MR) is 87.1 cm³/mol. The van der Waals surface area contributed by atoms with Gasteiger partial charge in [-0.15, -0.1) is 0 Å². The first-order chi connectivity index (χ1) is 11.5. The molecule has 2 heterocycles. The smallest absolute Gasteiger partial charge is 0.315 e. The molecule has 126 valence electrons. The van der Waals surface area contributed by atoms with Crippen LogP contribution < -0.4 is 10.3 Å². The highest BCUT2D eigenvalue weighted by atomic mass is 16.6. The minimum atomic E-state index is -0.427. The standard InChI is InChI=1S/C16H18N4O4/c1-10-17-13-6-7-19(9-12(13)16(21)18-10)8-11-4-3-5-14(24-2)15(11)20(22)23/h3-5H,6-9H2,1-2H3,(H,17,18,21). The topological polar surface area (TPSA) is 101 Å². The molecule has 0 saturated heterocycles. The minimum absolute atomic E-state index is 0.0262. The number of nitrogens with one attached hydrogen (secondary N) is 1. The van der Waals surface area contributed by atoms with Crippen LogP contribution in [-0.2, 0) is 19.5 Å². The van der Waals surface area contributed by atoms with Crippen LogP contribution in [-0.4, -0.2) is 33.4 Å². The van der Waals surface area contributed by atoms with Crippen molar-refractivity contribution < 1.29 is 9.66 Å². The van der Waals surface area contributed by atoms with Crippen molar-refractivity contribution in [2.45, 2.75) is 26.4 Å². The second-order valence-corrected chi connectivity index (χ2v) is 5.76. The lowest BCUT2D eigenvalue weighted by Crippen LogP contribution is -2.35. The number of H-pyrrole nitrogens is 1. The molecule has 1 aliphatic heterocycles. The zero-order valence-corrected chi connectivity index (χ0v) is 13.5. The Morgan fingerprint density at radius 3 is 2.96 bits per heavy atom. The zero-order valence-electron chi connectivity index (χ0n) is 13.5. The van der Waals surface area contributed by atoms with Gasteiger partial charge in [0.1, 0.15) is 5.82 Å². The number of methoxy groups -OCH3 is 1. The van der Waals surface area contributed by atoms with Crippen molar-refractivity contribution in [3.05, 3.63) is 61.3 Å². The van der Waals surface area contributed by atoms with Gasteiger partial charge in [0.15, 0.2) is 5.75 Å². The molecular formula is C16H18N4O4. The van der Waals surface area contributed by atoms with Crippen LogP contribution in [0.1, 0.15) is 22.6 Å². The van der Waals surface area contributed by atoms with Gasteiger partial charge in [0.05, 0.1) is 23.3 Å². The first-order valence-corrected chi connectivity index (χ1v) is 7.61. The second-order valence-electron chi connectivity index (χ2n) is 5.76. The average Bonchev–Trinajstić information content (AvgIpc) is 2.54. The van der Waals surface area contributed by atoms with Crippen LogP contribution in [0.5, 0.6) is 5.75 Å². The number of hydrogen-bond acceptors (Lipinski definition) is 6. The van der Waals surface area contributed by atoms with Crippen LogP contribution in [0.25, 0.3) is 0 Å². The molecule has 0 unspecified atom stereocenters. The second kappa shape index (κ2) is 6.40. The van der Waals surface area contributed by atoms with Crippen LogP contribution in [0.2, 0.25) is 0 Å². The van der Waals surface area contributed by atoms with Crippen LogP contribution in [0.15, 0.2) is 23.0 Å². The van der Waals surface area contributed by atoms with Crippen LogP contribution in [0.4, 0.5) is 5.69 Å². The van der Waals surface area contributed by atoms with Gasteiger partial charge in [-0.2, -0.15) is 0 Å². The summed E-state index contributed by atoms with van der Waals surface area (Å²) in [6, 6.07) is 5.02. The molecule has 24 heavy (non-hydrogen) atoms. The van der Waals surface area contributed by atoms with Crippen molar-refractivity contribution in [1.82, 2.24) is 14.9 Å². The maximum absolute atomic E-state index is 12.1. The lowest BCUT2D eigenvalue weighted by Gasteiger charge is -2.27. The fourth-order valence-corrected chi connectivity index (χ4v) is 3.05. The minimum Gasteiger partial charge on any atom is -0.490 e. The molecular weight excluding hydrogens is 312 g/mol. The summed E-state index contributed by atoms with van der Waals surface area (Å²) < 4.78 is 5.10. The number of nitro benzene ring substituents is 1. The van der Waals surface area contributed by atoms with Gasteiger partial charge in [-0.05, 0) is 13.0 Å². The summed E-state index contributed by atoms with van der Waals surface area (Å²) in [5.41, 5.74) is 1.86. The monoisotopic (exact) mass is 330 g/mol. The molecule has 0 radical (unpaired) electrons. The molecule has 0 bridgehead atoms. The number of para-hydroxylation sites is 1. The van der Waals surface area contributed by atoms with Gasteiger partial charge in [0.2, 0.25) is 0 Å². The molecule has 2 aromatic rings. The van der Waals surface area contributed by atoms with Crippen molar-refractivity contribution >= 4 is 5.69 Å². The van der Waals surface area contributed by atoms with Crippen molar-refractivity contribution in [2.24, 2.45) is 0 Å². The summed E-state index contributed by atoms with van der Waals surface area (Å²) in [5, 5.41) is 11.4. The van der Waals surface area contributed by atoms with Gasteiger partial charge in [0.25, 0.3) is 5.56 Å². The fraction of sp³-hybridized carbons (Fsp3) is 0.375. The highest BCUT2D eigenvalue weighted by molar-refractivity contribution is 5.52. The molecule has 1 aromatic heterocycles. The van der Waals surface area contributed by atoms with E-state index in [4.69, 9.17) is 4.74 Å². The van der Waals surface area contributed by atoms with Crippen molar-refractivity contribution in [1.29, 1.82) is 0 Å². The molecule has 1 aromatic carbocycles. The summed E-state index contributed by atoms with van der Waals surface area (Å²) in [7, 11) is 1.41. The number of fused-ring (bicyclic) bond motifs is 1. The maximum atomic E-state index is 12.1. The van der Waals surface area contributed by atoms with Gasteiger partial charge in [0, 0.05) is 31.6 Å². The van der Waals surface area contributed by atoms with E-state index >= 15 is 0 Å². The number of ether oxygens (including phenoxy) is 1. The third-order valence-electron chi connectivity index (χ3n) is 4.15. The molecule has 0 saturated carbocycles. The largest absolute Gasteiger partial charge is 0.490 e. The van der Waals surface area contributed by atoms with Crippen molar-refractivity contribution in [3.8, 4) is 5.75 Å². The first-order valence-electron chi connectivity index (χ1n) is 7.61. The molecule has 0 fully saturated rings. The summed E-state index contributed by atoms with van der Waals surface area (Å²) in [5.74, 6) is 0.848. The lowest BCUT2D eigenvalue weighted by atomic mass is 10.1. The van der Waals surface area contributed by atoms with Crippen LogP contribution in [0, 0.1) is 17.0 Å². The van der Waals surface area contributed by atoms with Crippen molar-refractivity contribution in [3.63, 3.8) is 0 Å². The molecule has 0 aliphatic carbocycles. The fourth-order valence-electron chi connectivity index (χ4n) is 3.05. The highest BCUT2D eigenvalue weighted by Gasteiger charge is 2.25. The van der Waals surface area contributed by atoms with Gasteiger partial charge >= 0.3 is 5.69 Å².